The topological polar surface area (TPSA) is 96.8 Å². The van der Waals surface area contributed by atoms with Crippen LogP contribution in [0.3, 0.4) is 0 Å². The molecule has 0 atom stereocenters. The zero-order chi connectivity index (χ0) is 14.1. The number of anilines is 1. The maximum atomic E-state index is 11.3. The van der Waals surface area contributed by atoms with Crippen LogP contribution in [0.15, 0.2) is 40.2 Å². The van der Waals surface area contributed by atoms with Gasteiger partial charge in [-0.25, -0.2) is 9.78 Å². The number of imidazole rings is 1. The van der Waals surface area contributed by atoms with Gasteiger partial charge in [0.2, 0.25) is 0 Å². The Balaban J connectivity index is 0.00000161. The number of nitrogens with two attached hydrogens (primary N) is 1. The zero-order valence-corrected chi connectivity index (χ0v) is 12.7. The third-order valence-electron chi connectivity index (χ3n) is 2.82. The maximum absolute atomic E-state index is 11.3. The summed E-state index contributed by atoms with van der Waals surface area (Å²) >= 11 is 1.55. The summed E-state index contributed by atoms with van der Waals surface area (Å²) in [5.74, 6) is 1.18. The van der Waals surface area contributed by atoms with Crippen LogP contribution in [-0.2, 0) is 0 Å². The molecule has 0 radical (unpaired) electrons. The van der Waals surface area contributed by atoms with Crippen molar-refractivity contribution in [2.24, 2.45) is 0 Å². The molecule has 0 saturated carbocycles. The van der Waals surface area contributed by atoms with Gasteiger partial charge in [-0.1, -0.05) is 0 Å². The number of benzene rings is 1. The second-order valence-electron chi connectivity index (χ2n) is 4.12. The number of aromatic amines is 2. The van der Waals surface area contributed by atoms with Gasteiger partial charge in [-0.3, -0.25) is 4.98 Å². The van der Waals surface area contributed by atoms with E-state index in [2.05, 4.69) is 15.0 Å². The molecule has 0 amide bonds. The summed E-state index contributed by atoms with van der Waals surface area (Å²) in [7, 11) is 0. The first-order valence-corrected chi connectivity index (χ1v) is 7.08. The number of rotatable bonds is 3. The number of thioether (sulfide) groups is 1. The molecule has 4 N–H and O–H groups in total. The van der Waals surface area contributed by atoms with Crippen LogP contribution in [0, 0.1) is 0 Å². The predicted octanol–water partition coefficient (Wildman–Crippen LogP) is 2.77. The molecular formula is C13H13ClN4O2S. The number of nitrogen functional groups attached to an aromatic ring is 1. The van der Waals surface area contributed by atoms with E-state index < -0.39 is 0 Å². The minimum absolute atomic E-state index is 0. The van der Waals surface area contributed by atoms with Crippen molar-refractivity contribution in [3.05, 3.63) is 40.9 Å². The molecule has 110 valence electrons. The predicted molar refractivity (Wildman–Crippen MR) is 86.7 cm³/mol. The quantitative estimate of drug-likeness (QED) is 0.508. The largest absolute Gasteiger partial charge is 0.455 e. The van der Waals surface area contributed by atoms with Gasteiger partial charge in [0.05, 0.1) is 0 Å². The molecule has 2 heterocycles. The fraction of sp³-hybridized carbons (Fsp3) is 0.0769. The Morgan fingerprint density at radius 2 is 2.10 bits per heavy atom. The molecule has 3 aromatic rings. The molecule has 0 aliphatic rings. The van der Waals surface area contributed by atoms with Crippen molar-refractivity contribution in [3.63, 3.8) is 0 Å². The molecule has 0 fully saturated rings. The molecule has 6 nitrogen and oxygen atoms in total. The standard InChI is InChI=1S/C13H12N4O2S.ClH/c1-20-10-6-7(2-3-8(10)14)19-9-4-5-15-12-11(9)16-13(18)17-12;/h2-6H,14H2,1H3,(H2,15,16,17,18);1H. The van der Waals surface area contributed by atoms with Gasteiger partial charge >= 0.3 is 5.69 Å². The highest BCUT2D eigenvalue weighted by Gasteiger charge is 2.08. The van der Waals surface area contributed by atoms with Crippen LogP contribution in [-0.4, -0.2) is 21.2 Å². The normalized spacial score (nSPS) is 10.3. The first kappa shape index (κ1) is 15.3. The minimum Gasteiger partial charge on any atom is -0.455 e. The third kappa shape index (κ3) is 2.98. The number of fused-ring (bicyclic) bond motifs is 1. The van der Waals surface area contributed by atoms with Gasteiger partial charge in [-0.15, -0.1) is 24.2 Å². The van der Waals surface area contributed by atoms with Gasteiger partial charge in [0.25, 0.3) is 0 Å². The van der Waals surface area contributed by atoms with E-state index >= 15 is 0 Å². The van der Waals surface area contributed by atoms with Crippen LogP contribution in [0.2, 0.25) is 0 Å². The molecule has 0 spiro atoms. The molecule has 0 unspecified atom stereocenters. The lowest BCUT2D eigenvalue weighted by Gasteiger charge is -2.09. The zero-order valence-electron chi connectivity index (χ0n) is 11.0. The van der Waals surface area contributed by atoms with Crippen LogP contribution in [0.1, 0.15) is 0 Å². The average molecular weight is 325 g/mol. The Morgan fingerprint density at radius 3 is 2.86 bits per heavy atom. The summed E-state index contributed by atoms with van der Waals surface area (Å²) in [6.07, 6.45) is 3.53. The Morgan fingerprint density at radius 1 is 1.29 bits per heavy atom. The van der Waals surface area contributed by atoms with E-state index in [4.69, 9.17) is 10.5 Å². The fourth-order valence-corrected chi connectivity index (χ4v) is 2.42. The van der Waals surface area contributed by atoms with E-state index in [1.54, 1.807) is 36.2 Å². The van der Waals surface area contributed by atoms with Gasteiger partial charge in [-0.05, 0) is 24.5 Å². The van der Waals surface area contributed by atoms with Crippen molar-refractivity contribution in [2.75, 3.05) is 12.0 Å². The first-order valence-electron chi connectivity index (χ1n) is 5.86. The Bertz CT molecular complexity index is 830. The Hall–Kier alpha value is -2.12. The van der Waals surface area contributed by atoms with Gasteiger partial charge in [0, 0.05) is 22.8 Å². The lowest BCUT2D eigenvalue weighted by Crippen LogP contribution is -1.99. The molecule has 8 heteroatoms. The van der Waals surface area contributed by atoms with Crippen LogP contribution >= 0.6 is 24.2 Å². The summed E-state index contributed by atoms with van der Waals surface area (Å²) in [6.45, 7) is 0. The van der Waals surface area contributed by atoms with Crippen LogP contribution in [0.4, 0.5) is 5.69 Å². The van der Waals surface area contributed by atoms with Crippen LogP contribution in [0.25, 0.3) is 11.2 Å². The Labute approximate surface area is 130 Å². The van der Waals surface area contributed by atoms with E-state index in [-0.39, 0.29) is 18.1 Å². The van der Waals surface area contributed by atoms with Crippen molar-refractivity contribution in [3.8, 4) is 11.5 Å². The van der Waals surface area contributed by atoms with E-state index in [0.717, 1.165) is 4.90 Å². The highest BCUT2D eigenvalue weighted by molar-refractivity contribution is 7.98. The second kappa shape index (κ2) is 6.11. The second-order valence-corrected chi connectivity index (χ2v) is 4.97. The summed E-state index contributed by atoms with van der Waals surface area (Å²) in [5, 5.41) is 0. The lowest BCUT2D eigenvalue weighted by molar-refractivity contribution is 0.485. The highest BCUT2D eigenvalue weighted by atomic mass is 35.5. The molecule has 3 rings (SSSR count). The van der Waals surface area contributed by atoms with Crippen molar-refractivity contribution in [1.29, 1.82) is 0 Å². The monoisotopic (exact) mass is 324 g/mol. The average Bonchev–Trinajstić information content (AvgIpc) is 2.82. The van der Waals surface area contributed by atoms with Crippen molar-refractivity contribution >= 4 is 41.0 Å². The van der Waals surface area contributed by atoms with E-state index in [1.165, 1.54) is 0 Å². The van der Waals surface area contributed by atoms with Crippen LogP contribution in [0.5, 0.6) is 11.5 Å². The van der Waals surface area contributed by atoms with Gasteiger partial charge in [0.15, 0.2) is 11.4 Å². The number of halogens is 1. The molecule has 0 bridgehead atoms. The van der Waals surface area contributed by atoms with E-state index in [1.807, 2.05) is 12.3 Å². The number of ether oxygens (including phenoxy) is 1. The van der Waals surface area contributed by atoms with Gasteiger partial charge in [-0.2, -0.15) is 0 Å². The smallest absolute Gasteiger partial charge is 0.325 e. The molecule has 2 aromatic heterocycles. The molecule has 0 saturated heterocycles. The number of hydrogen-bond donors (Lipinski definition) is 3. The van der Waals surface area contributed by atoms with Gasteiger partial charge < -0.3 is 15.5 Å². The first-order chi connectivity index (χ1) is 9.67. The molecule has 0 aliphatic heterocycles. The van der Waals surface area contributed by atoms with Crippen LogP contribution < -0.4 is 16.2 Å². The number of pyridine rings is 1. The SMILES string of the molecule is CSc1cc(Oc2ccnc3[nH]c(=O)[nH]c23)ccc1N.Cl. The van der Waals surface area contributed by atoms with E-state index in [9.17, 15) is 4.79 Å². The number of hydrogen-bond acceptors (Lipinski definition) is 5. The summed E-state index contributed by atoms with van der Waals surface area (Å²) in [6, 6.07) is 7.13. The molecule has 21 heavy (non-hydrogen) atoms. The maximum Gasteiger partial charge on any atom is 0.325 e. The summed E-state index contributed by atoms with van der Waals surface area (Å²) in [5.41, 5.74) is 7.25. The molecule has 1 aromatic carbocycles. The molecule has 0 aliphatic carbocycles. The lowest BCUT2D eigenvalue weighted by atomic mass is 10.3. The third-order valence-corrected chi connectivity index (χ3v) is 3.61. The highest BCUT2D eigenvalue weighted by Crippen LogP contribution is 2.31. The van der Waals surface area contributed by atoms with Gasteiger partial charge in [0.1, 0.15) is 11.3 Å². The van der Waals surface area contributed by atoms with Crippen molar-refractivity contribution < 1.29 is 4.74 Å². The van der Waals surface area contributed by atoms with E-state index in [0.29, 0.717) is 28.4 Å². The number of nitrogens with zero attached hydrogens (tertiary/aromatic N) is 1. The Kier molecular flexibility index (Phi) is 4.44. The van der Waals surface area contributed by atoms with Crippen molar-refractivity contribution in [1.82, 2.24) is 15.0 Å². The number of H-pyrrole nitrogens is 2. The summed E-state index contributed by atoms with van der Waals surface area (Å²) in [4.78, 5) is 21.6. The minimum atomic E-state index is -0.314. The number of nitrogens with one attached hydrogen (secondary N) is 2. The fourth-order valence-electron chi connectivity index (χ4n) is 1.88. The van der Waals surface area contributed by atoms with Crippen molar-refractivity contribution in [2.45, 2.75) is 4.90 Å². The molecular weight excluding hydrogens is 312 g/mol. The number of aromatic nitrogens is 3. The summed E-state index contributed by atoms with van der Waals surface area (Å²) < 4.78 is 5.80.